The number of amides is 2. The first-order valence-corrected chi connectivity index (χ1v) is 9.47. The maximum atomic E-state index is 13.9. The second-order valence-corrected chi connectivity index (χ2v) is 7.36. The standard InChI is InChI=1S/C21H21F2N3O3/c22-9-13(12-29-21(24)28)10-25-11-18-17(6-7-26(20(18)27)16-4-5-16)19(25)14-2-1-3-15(23)8-14/h1-3,8-9,11,16H,4-7,10,12H2,(H2,24,28)/b13-9+. The van der Waals surface area contributed by atoms with E-state index in [1.54, 1.807) is 22.9 Å². The van der Waals surface area contributed by atoms with Gasteiger partial charge in [0.25, 0.3) is 5.91 Å². The van der Waals surface area contributed by atoms with Crippen LogP contribution in [0, 0.1) is 5.82 Å². The molecular formula is C21H21F2N3O3. The fraction of sp³-hybridized carbons (Fsp3) is 0.333. The van der Waals surface area contributed by atoms with Crippen LogP contribution in [-0.4, -0.2) is 40.7 Å². The molecule has 1 aromatic carbocycles. The van der Waals surface area contributed by atoms with Crippen LogP contribution in [0.1, 0.15) is 28.8 Å². The summed E-state index contributed by atoms with van der Waals surface area (Å²) in [6.45, 7) is 0.345. The van der Waals surface area contributed by atoms with Crippen LogP contribution in [0.15, 0.2) is 42.4 Å². The Kier molecular flexibility index (Phi) is 5.08. The topological polar surface area (TPSA) is 77.6 Å². The molecule has 1 aromatic heterocycles. The minimum Gasteiger partial charge on any atom is -0.445 e. The minimum atomic E-state index is -1.00. The number of hydrogen-bond acceptors (Lipinski definition) is 3. The van der Waals surface area contributed by atoms with Crippen molar-refractivity contribution in [1.29, 1.82) is 0 Å². The zero-order chi connectivity index (χ0) is 20.5. The van der Waals surface area contributed by atoms with Gasteiger partial charge in [0.1, 0.15) is 12.4 Å². The van der Waals surface area contributed by atoms with E-state index >= 15 is 0 Å². The molecule has 1 fully saturated rings. The summed E-state index contributed by atoms with van der Waals surface area (Å²) in [4.78, 5) is 25.7. The number of ether oxygens (including phenoxy) is 1. The lowest BCUT2D eigenvalue weighted by Crippen LogP contribution is -2.38. The second-order valence-electron chi connectivity index (χ2n) is 7.36. The number of aromatic nitrogens is 1. The number of halogens is 2. The first-order chi connectivity index (χ1) is 14.0. The van der Waals surface area contributed by atoms with E-state index in [1.807, 2.05) is 4.90 Å². The fourth-order valence-electron chi connectivity index (χ4n) is 3.85. The Morgan fingerprint density at radius 3 is 2.79 bits per heavy atom. The maximum Gasteiger partial charge on any atom is 0.404 e. The Hall–Kier alpha value is -3.16. The molecule has 152 valence electrons. The molecule has 1 aliphatic heterocycles. The highest BCUT2D eigenvalue weighted by molar-refractivity contribution is 5.99. The summed E-state index contributed by atoms with van der Waals surface area (Å²) in [6.07, 6.45) is 3.70. The highest BCUT2D eigenvalue weighted by atomic mass is 19.1. The molecule has 29 heavy (non-hydrogen) atoms. The van der Waals surface area contributed by atoms with E-state index in [4.69, 9.17) is 10.5 Å². The van der Waals surface area contributed by atoms with E-state index in [2.05, 4.69) is 0 Å². The number of hydrogen-bond donors (Lipinski definition) is 1. The monoisotopic (exact) mass is 401 g/mol. The van der Waals surface area contributed by atoms with Gasteiger partial charge in [0.2, 0.25) is 0 Å². The Morgan fingerprint density at radius 1 is 1.34 bits per heavy atom. The molecule has 8 heteroatoms. The summed E-state index contributed by atoms with van der Waals surface area (Å²) in [6, 6.07) is 6.38. The SMILES string of the molecule is NC(=O)OC/C(=C/F)Cn1cc2c(c1-c1cccc(F)c1)CCN(C1CC1)C2=O. The minimum absolute atomic E-state index is 0.0410. The lowest BCUT2D eigenvalue weighted by Gasteiger charge is -2.27. The molecule has 0 atom stereocenters. The van der Waals surface area contributed by atoms with Crippen molar-refractivity contribution >= 4 is 12.0 Å². The maximum absolute atomic E-state index is 13.9. The largest absolute Gasteiger partial charge is 0.445 e. The van der Waals surface area contributed by atoms with Crippen molar-refractivity contribution in [2.75, 3.05) is 13.2 Å². The number of nitrogens with zero attached hydrogens (tertiary/aromatic N) is 2. The van der Waals surface area contributed by atoms with E-state index in [0.717, 1.165) is 18.4 Å². The average molecular weight is 401 g/mol. The van der Waals surface area contributed by atoms with Crippen LogP contribution in [0.25, 0.3) is 11.3 Å². The number of nitrogens with two attached hydrogens (primary N) is 1. The van der Waals surface area contributed by atoms with Crippen LogP contribution in [0.2, 0.25) is 0 Å². The quantitative estimate of drug-likeness (QED) is 0.806. The first kappa shape index (κ1) is 19.2. The normalized spacial score (nSPS) is 16.7. The molecule has 0 spiro atoms. The molecule has 2 amide bonds. The third-order valence-corrected chi connectivity index (χ3v) is 5.29. The molecule has 4 rings (SSSR count). The second kappa shape index (κ2) is 7.69. The predicted octanol–water partition coefficient (Wildman–Crippen LogP) is 3.40. The van der Waals surface area contributed by atoms with Gasteiger partial charge in [-0.05, 0) is 37.0 Å². The van der Waals surface area contributed by atoms with Crippen LogP contribution >= 0.6 is 0 Å². The van der Waals surface area contributed by atoms with Crippen molar-refractivity contribution < 1.29 is 23.1 Å². The highest BCUT2D eigenvalue weighted by Crippen LogP contribution is 2.37. The molecule has 0 saturated heterocycles. The summed E-state index contributed by atoms with van der Waals surface area (Å²) in [5.74, 6) is -0.451. The Bertz CT molecular complexity index is 995. The smallest absolute Gasteiger partial charge is 0.404 e. The summed E-state index contributed by atoms with van der Waals surface area (Å²) < 4.78 is 33.7. The average Bonchev–Trinajstić information content (AvgIpc) is 3.46. The number of primary amides is 1. The van der Waals surface area contributed by atoms with Gasteiger partial charge < -0.3 is 19.9 Å². The van der Waals surface area contributed by atoms with E-state index in [-0.39, 0.29) is 24.6 Å². The van der Waals surface area contributed by atoms with Gasteiger partial charge in [0.15, 0.2) is 0 Å². The highest BCUT2D eigenvalue weighted by Gasteiger charge is 2.38. The Balaban J connectivity index is 1.74. The molecule has 2 heterocycles. The van der Waals surface area contributed by atoms with Gasteiger partial charge in [-0.25, -0.2) is 13.6 Å². The van der Waals surface area contributed by atoms with E-state index in [0.29, 0.717) is 42.2 Å². The third-order valence-electron chi connectivity index (χ3n) is 5.29. The summed E-state index contributed by atoms with van der Waals surface area (Å²) in [5.41, 5.74) is 7.78. The number of carbonyl (C=O) groups excluding carboxylic acids is 2. The van der Waals surface area contributed by atoms with Gasteiger partial charge in [-0.2, -0.15) is 0 Å². The van der Waals surface area contributed by atoms with Crippen molar-refractivity contribution in [3.8, 4) is 11.3 Å². The number of rotatable bonds is 6. The van der Waals surface area contributed by atoms with Crippen LogP contribution in [0.3, 0.4) is 0 Å². The first-order valence-electron chi connectivity index (χ1n) is 9.47. The molecule has 2 aliphatic rings. The van der Waals surface area contributed by atoms with Crippen molar-refractivity contribution in [1.82, 2.24) is 9.47 Å². The number of carbonyl (C=O) groups is 2. The lowest BCUT2D eigenvalue weighted by atomic mass is 9.98. The van der Waals surface area contributed by atoms with E-state index in [1.165, 1.54) is 12.1 Å². The van der Waals surface area contributed by atoms with Crippen molar-refractivity contribution in [3.63, 3.8) is 0 Å². The van der Waals surface area contributed by atoms with E-state index in [9.17, 15) is 18.4 Å². The molecule has 0 radical (unpaired) electrons. The van der Waals surface area contributed by atoms with Gasteiger partial charge in [-0.15, -0.1) is 0 Å². The lowest BCUT2D eigenvalue weighted by molar-refractivity contribution is 0.0728. The van der Waals surface area contributed by atoms with E-state index < -0.39 is 11.9 Å². The van der Waals surface area contributed by atoms with Gasteiger partial charge in [0, 0.05) is 36.5 Å². The van der Waals surface area contributed by atoms with Gasteiger partial charge in [0.05, 0.1) is 17.6 Å². The van der Waals surface area contributed by atoms with Gasteiger partial charge >= 0.3 is 6.09 Å². The molecule has 0 bridgehead atoms. The van der Waals surface area contributed by atoms with Crippen molar-refractivity contribution in [2.24, 2.45) is 5.73 Å². The molecule has 6 nitrogen and oxygen atoms in total. The zero-order valence-corrected chi connectivity index (χ0v) is 15.7. The van der Waals surface area contributed by atoms with Crippen LogP contribution < -0.4 is 5.73 Å². The summed E-state index contributed by atoms with van der Waals surface area (Å²) in [7, 11) is 0. The Labute approximate surface area is 166 Å². The van der Waals surface area contributed by atoms with Crippen LogP contribution in [0.5, 0.6) is 0 Å². The molecule has 1 aliphatic carbocycles. The predicted molar refractivity (Wildman–Crippen MR) is 102 cm³/mol. The molecule has 2 N–H and O–H groups in total. The molecule has 2 aromatic rings. The Morgan fingerprint density at radius 2 is 2.14 bits per heavy atom. The van der Waals surface area contributed by atoms with Crippen molar-refractivity contribution in [2.45, 2.75) is 31.8 Å². The summed E-state index contributed by atoms with van der Waals surface area (Å²) >= 11 is 0. The fourth-order valence-corrected chi connectivity index (χ4v) is 3.85. The van der Waals surface area contributed by atoms with Gasteiger partial charge in [-0.3, -0.25) is 4.79 Å². The summed E-state index contributed by atoms with van der Waals surface area (Å²) in [5, 5.41) is 0. The van der Waals surface area contributed by atoms with Crippen molar-refractivity contribution in [3.05, 3.63) is 59.3 Å². The number of benzene rings is 1. The van der Waals surface area contributed by atoms with Crippen LogP contribution in [0.4, 0.5) is 13.6 Å². The molecular weight excluding hydrogens is 380 g/mol. The number of fused-ring (bicyclic) bond motifs is 1. The molecule has 0 unspecified atom stereocenters. The third kappa shape index (κ3) is 3.87. The van der Waals surface area contributed by atoms with Crippen LogP contribution in [-0.2, 0) is 17.7 Å². The molecule has 1 saturated carbocycles. The van der Waals surface area contributed by atoms with Gasteiger partial charge in [-0.1, -0.05) is 12.1 Å². The zero-order valence-electron chi connectivity index (χ0n) is 15.7.